The number of nitrogens with zero attached hydrogens (tertiary/aromatic N) is 1. The van der Waals surface area contributed by atoms with Crippen molar-refractivity contribution in [1.29, 1.82) is 0 Å². The first-order valence-electron chi connectivity index (χ1n) is 4.16. The fourth-order valence-electron chi connectivity index (χ4n) is 1.07. The Labute approximate surface area is 84.2 Å². The van der Waals surface area contributed by atoms with Crippen molar-refractivity contribution in [2.75, 3.05) is 12.8 Å². The zero-order chi connectivity index (χ0) is 11.4. The van der Waals surface area contributed by atoms with E-state index >= 15 is 0 Å². The van der Waals surface area contributed by atoms with Crippen molar-refractivity contribution < 1.29 is 17.8 Å². The van der Waals surface area contributed by atoms with Gasteiger partial charge in [-0.2, -0.15) is 8.42 Å². The molecule has 82 valence electrons. The van der Waals surface area contributed by atoms with E-state index in [9.17, 15) is 13.2 Å². The van der Waals surface area contributed by atoms with Crippen LogP contribution in [0.3, 0.4) is 0 Å². The average molecular weight is 221 g/mol. The molecule has 1 unspecified atom stereocenters. The molecule has 6 heteroatoms. The second-order valence-electron chi connectivity index (χ2n) is 2.96. The van der Waals surface area contributed by atoms with Crippen LogP contribution in [0.2, 0.25) is 0 Å². The van der Waals surface area contributed by atoms with E-state index in [0.717, 1.165) is 6.08 Å². The van der Waals surface area contributed by atoms with Crippen LogP contribution in [0.5, 0.6) is 0 Å². The van der Waals surface area contributed by atoms with Crippen LogP contribution in [-0.2, 0) is 14.9 Å². The lowest BCUT2D eigenvalue weighted by Gasteiger charge is -2.24. The lowest BCUT2D eigenvalue weighted by atomic mass is 10.2. The second kappa shape index (κ2) is 5.11. The molecule has 0 aliphatic carbocycles. The van der Waals surface area contributed by atoms with Gasteiger partial charge in [0.1, 0.15) is 0 Å². The highest BCUT2D eigenvalue weighted by Gasteiger charge is 2.21. The second-order valence-corrected chi connectivity index (χ2v) is 4.46. The summed E-state index contributed by atoms with van der Waals surface area (Å²) in [5.74, 6) is -0.806. The molecule has 0 aliphatic heterocycles. The van der Waals surface area contributed by atoms with E-state index < -0.39 is 21.9 Å². The molecule has 0 bridgehead atoms. The average Bonchev–Trinajstić information content (AvgIpc) is 2.10. The summed E-state index contributed by atoms with van der Waals surface area (Å²) >= 11 is 0. The smallest absolute Gasteiger partial charge is 0.266 e. The molecular formula is C8H15NO4S. The van der Waals surface area contributed by atoms with Crippen molar-refractivity contribution in [3.63, 3.8) is 0 Å². The van der Waals surface area contributed by atoms with Crippen LogP contribution < -0.4 is 0 Å². The monoisotopic (exact) mass is 221 g/mol. The molecule has 5 nitrogen and oxygen atoms in total. The Morgan fingerprint density at radius 3 is 2.43 bits per heavy atom. The summed E-state index contributed by atoms with van der Waals surface area (Å²) < 4.78 is 29.8. The van der Waals surface area contributed by atoms with Crippen LogP contribution >= 0.6 is 0 Å². The topological polar surface area (TPSA) is 74.7 Å². The summed E-state index contributed by atoms with van der Waals surface area (Å²) in [4.78, 5) is 12.4. The third kappa shape index (κ3) is 4.38. The van der Waals surface area contributed by atoms with Crippen LogP contribution in [0, 0.1) is 0 Å². The first-order chi connectivity index (χ1) is 6.31. The molecule has 0 aromatic heterocycles. The van der Waals surface area contributed by atoms with E-state index in [4.69, 9.17) is 4.55 Å². The van der Waals surface area contributed by atoms with Gasteiger partial charge in [0.15, 0.2) is 0 Å². The van der Waals surface area contributed by atoms with E-state index in [2.05, 4.69) is 6.58 Å². The molecule has 1 atom stereocenters. The molecule has 0 aliphatic rings. The summed E-state index contributed by atoms with van der Waals surface area (Å²) in [5, 5.41) is 0. The van der Waals surface area contributed by atoms with Gasteiger partial charge in [0.25, 0.3) is 10.1 Å². The van der Waals surface area contributed by atoms with Crippen molar-refractivity contribution in [1.82, 2.24) is 4.90 Å². The Hall–Kier alpha value is -0.880. The van der Waals surface area contributed by atoms with Crippen LogP contribution in [0.25, 0.3) is 0 Å². The Morgan fingerprint density at radius 2 is 2.14 bits per heavy atom. The Balaban J connectivity index is 4.57. The van der Waals surface area contributed by atoms with Crippen LogP contribution in [-0.4, -0.2) is 42.6 Å². The fourth-order valence-corrected chi connectivity index (χ4v) is 2.02. The van der Waals surface area contributed by atoms with E-state index in [0.29, 0.717) is 6.42 Å². The van der Waals surface area contributed by atoms with Crippen molar-refractivity contribution in [2.45, 2.75) is 19.4 Å². The minimum Gasteiger partial charge on any atom is -0.338 e. The van der Waals surface area contributed by atoms with Crippen molar-refractivity contribution in [3.05, 3.63) is 12.7 Å². The first kappa shape index (κ1) is 13.1. The summed E-state index contributed by atoms with van der Waals surface area (Å²) in [5.41, 5.74) is 0. The molecule has 0 rings (SSSR count). The largest absolute Gasteiger partial charge is 0.338 e. The minimum absolute atomic E-state index is 0.361. The van der Waals surface area contributed by atoms with Gasteiger partial charge in [-0.1, -0.05) is 13.5 Å². The van der Waals surface area contributed by atoms with Crippen molar-refractivity contribution >= 4 is 16.0 Å². The lowest BCUT2D eigenvalue weighted by Crippen LogP contribution is -2.40. The maximum atomic E-state index is 11.1. The molecule has 0 aromatic rings. The summed E-state index contributed by atoms with van der Waals surface area (Å²) in [7, 11) is -2.57. The predicted molar refractivity (Wildman–Crippen MR) is 53.5 cm³/mol. The maximum absolute atomic E-state index is 11.1. The molecule has 0 radical (unpaired) electrons. The highest BCUT2D eigenvalue weighted by atomic mass is 32.2. The van der Waals surface area contributed by atoms with Gasteiger partial charge in [-0.15, -0.1) is 0 Å². The van der Waals surface area contributed by atoms with E-state index in [1.54, 1.807) is 6.92 Å². The standard InChI is InChI=1S/C8H15NO4S/c1-4-7(6-14(11,12)13)9(3)8(10)5-2/h5,7H,2,4,6H2,1,3H3,(H,11,12,13). The Kier molecular flexibility index (Phi) is 4.79. The van der Waals surface area contributed by atoms with Crippen molar-refractivity contribution in [2.24, 2.45) is 0 Å². The van der Waals surface area contributed by atoms with Crippen LogP contribution in [0.4, 0.5) is 0 Å². The van der Waals surface area contributed by atoms with Gasteiger partial charge >= 0.3 is 0 Å². The number of hydrogen-bond donors (Lipinski definition) is 1. The molecule has 0 aromatic carbocycles. The lowest BCUT2D eigenvalue weighted by molar-refractivity contribution is -0.126. The molecule has 0 heterocycles. The summed E-state index contributed by atoms with van der Waals surface area (Å²) in [6, 6.07) is -0.518. The number of amides is 1. The van der Waals surface area contributed by atoms with Crippen molar-refractivity contribution in [3.8, 4) is 0 Å². The number of carbonyl (C=O) groups excluding carboxylic acids is 1. The SMILES string of the molecule is C=CC(=O)N(C)C(CC)CS(=O)(=O)O. The van der Waals surface area contributed by atoms with Gasteiger partial charge in [-0.25, -0.2) is 0 Å². The van der Waals surface area contributed by atoms with E-state index in [1.807, 2.05) is 0 Å². The summed E-state index contributed by atoms with van der Waals surface area (Å²) in [6.45, 7) is 5.03. The molecule has 0 spiro atoms. The molecule has 1 N–H and O–H groups in total. The number of carbonyl (C=O) groups is 1. The van der Waals surface area contributed by atoms with Gasteiger partial charge in [-0.3, -0.25) is 9.35 Å². The molecule has 14 heavy (non-hydrogen) atoms. The zero-order valence-electron chi connectivity index (χ0n) is 8.30. The van der Waals surface area contributed by atoms with Gasteiger partial charge in [0.2, 0.25) is 5.91 Å². The van der Waals surface area contributed by atoms with E-state index in [1.165, 1.54) is 11.9 Å². The number of hydrogen-bond acceptors (Lipinski definition) is 3. The minimum atomic E-state index is -4.05. The predicted octanol–water partition coefficient (Wildman–Crippen LogP) is 0.297. The van der Waals surface area contributed by atoms with Crippen LogP contribution in [0.1, 0.15) is 13.3 Å². The maximum Gasteiger partial charge on any atom is 0.266 e. The summed E-state index contributed by atoms with van der Waals surface area (Å²) in [6.07, 6.45) is 1.56. The molecule has 0 fully saturated rings. The molecule has 0 saturated heterocycles. The first-order valence-corrected chi connectivity index (χ1v) is 5.77. The molecule has 1 amide bonds. The third-order valence-corrected chi connectivity index (χ3v) is 2.75. The Bertz CT molecular complexity index is 309. The number of likely N-dealkylation sites (N-methyl/N-ethyl adjacent to an activating group) is 1. The zero-order valence-corrected chi connectivity index (χ0v) is 9.12. The number of rotatable bonds is 5. The van der Waals surface area contributed by atoms with Gasteiger partial charge in [0.05, 0.1) is 5.75 Å². The quantitative estimate of drug-likeness (QED) is 0.535. The highest BCUT2D eigenvalue weighted by Crippen LogP contribution is 2.05. The normalized spacial score (nSPS) is 13.4. The van der Waals surface area contributed by atoms with Gasteiger partial charge in [-0.05, 0) is 12.5 Å². The third-order valence-electron chi connectivity index (χ3n) is 1.94. The van der Waals surface area contributed by atoms with E-state index in [-0.39, 0.29) is 5.91 Å². The molecule has 0 saturated carbocycles. The van der Waals surface area contributed by atoms with Crippen LogP contribution in [0.15, 0.2) is 12.7 Å². The molecular weight excluding hydrogens is 206 g/mol. The Morgan fingerprint density at radius 1 is 1.64 bits per heavy atom. The fraction of sp³-hybridized carbons (Fsp3) is 0.625. The highest BCUT2D eigenvalue weighted by molar-refractivity contribution is 7.85. The van der Waals surface area contributed by atoms with Gasteiger partial charge in [0, 0.05) is 13.1 Å². The van der Waals surface area contributed by atoms with Gasteiger partial charge < -0.3 is 4.90 Å².